The first-order chi connectivity index (χ1) is 7.47. The normalized spacial score (nSPS) is 12.2. The van der Waals surface area contributed by atoms with Gasteiger partial charge in [-0.25, -0.2) is 13.6 Å². The molecule has 4 nitrogen and oxygen atoms in total. The number of rotatable bonds is 3. The van der Waals surface area contributed by atoms with Crippen molar-refractivity contribution in [2.45, 2.75) is 4.90 Å². The number of nitrogens with zero attached hydrogens (tertiary/aromatic N) is 1. The van der Waals surface area contributed by atoms with Crippen LogP contribution >= 0.6 is 11.8 Å². The van der Waals surface area contributed by atoms with Gasteiger partial charge in [-0.15, -0.1) is 11.8 Å². The maximum absolute atomic E-state index is 11.0. The molecule has 84 valence electrons. The maximum atomic E-state index is 11.0. The zero-order valence-corrected chi connectivity index (χ0v) is 10.2. The van der Waals surface area contributed by atoms with Gasteiger partial charge in [0.05, 0.1) is 0 Å². The highest BCUT2D eigenvalue weighted by Crippen LogP contribution is 2.17. The molecule has 1 aromatic carbocycles. The van der Waals surface area contributed by atoms with Gasteiger partial charge in [-0.2, -0.15) is 5.26 Å². The van der Waals surface area contributed by atoms with Crippen LogP contribution in [0.3, 0.4) is 0 Å². The predicted molar refractivity (Wildman–Crippen MR) is 64.9 cm³/mol. The van der Waals surface area contributed by atoms with Crippen LogP contribution in [0, 0.1) is 11.3 Å². The molecule has 0 fully saturated rings. The lowest BCUT2D eigenvalue weighted by Crippen LogP contribution is -2.13. The molecule has 1 aromatic rings. The number of sulfonamides is 1. The molecule has 0 saturated heterocycles. The van der Waals surface area contributed by atoms with E-state index in [0.29, 0.717) is 5.56 Å². The second-order valence-corrected chi connectivity index (χ2v) is 5.35. The summed E-state index contributed by atoms with van der Waals surface area (Å²) in [5.41, 5.74) is 0.628. The number of hydrogen-bond donors (Lipinski definition) is 1. The van der Waals surface area contributed by atoms with Crippen molar-refractivity contribution < 1.29 is 8.42 Å². The third kappa shape index (κ3) is 3.38. The Kier molecular flexibility index (Phi) is 4.12. The van der Waals surface area contributed by atoms with Crippen LogP contribution in [0.1, 0.15) is 5.56 Å². The zero-order chi connectivity index (χ0) is 12.2. The topological polar surface area (TPSA) is 83.9 Å². The first-order valence-electron chi connectivity index (χ1n) is 4.26. The standard InChI is InChI=1S/C10H10N2O2S2/c1-15-9-4-2-8(3-5-9)6-10(7-11)16(12,13)14/h2-6H,1H3,(H2,12,13,14)/b10-6-. The van der Waals surface area contributed by atoms with Crippen LogP contribution in [0.4, 0.5) is 0 Å². The summed E-state index contributed by atoms with van der Waals surface area (Å²) in [5, 5.41) is 13.5. The monoisotopic (exact) mass is 254 g/mol. The maximum Gasteiger partial charge on any atom is 0.248 e. The first kappa shape index (κ1) is 12.8. The van der Waals surface area contributed by atoms with Gasteiger partial charge in [0.2, 0.25) is 10.0 Å². The van der Waals surface area contributed by atoms with Crippen molar-refractivity contribution in [2.24, 2.45) is 5.14 Å². The van der Waals surface area contributed by atoms with Crippen LogP contribution in [0.2, 0.25) is 0 Å². The highest BCUT2D eigenvalue weighted by atomic mass is 32.2. The summed E-state index contributed by atoms with van der Waals surface area (Å²) in [5.74, 6) is 0. The van der Waals surface area contributed by atoms with E-state index in [1.54, 1.807) is 30.0 Å². The number of hydrogen-bond acceptors (Lipinski definition) is 4. The van der Waals surface area contributed by atoms with Crippen molar-refractivity contribution in [2.75, 3.05) is 6.26 Å². The first-order valence-corrected chi connectivity index (χ1v) is 7.03. The van der Waals surface area contributed by atoms with E-state index in [1.807, 2.05) is 18.4 Å². The number of allylic oxidation sites excluding steroid dienone is 1. The molecule has 0 aliphatic heterocycles. The Hall–Kier alpha value is -1.29. The minimum absolute atomic E-state index is 0.440. The van der Waals surface area contributed by atoms with Crippen molar-refractivity contribution >= 4 is 27.9 Å². The fourth-order valence-corrected chi connectivity index (χ4v) is 1.87. The van der Waals surface area contributed by atoms with Crippen molar-refractivity contribution in [1.29, 1.82) is 5.26 Å². The van der Waals surface area contributed by atoms with E-state index < -0.39 is 14.9 Å². The van der Waals surface area contributed by atoms with Crippen LogP contribution in [-0.4, -0.2) is 14.7 Å². The molecule has 2 N–H and O–H groups in total. The lowest BCUT2D eigenvalue weighted by atomic mass is 10.2. The summed E-state index contributed by atoms with van der Waals surface area (Å²) in [4.78, 5) is 0.621. The molecule has 0 spiro atoms. The molecule has 0 bridgehead atoms. The number of thioether (sulfide) groups is 1. The van der Waals surface area contributed by atoms with Gasteiger partial charge in [-0.3, -0.25) is 0 Å². The highest BCUT2D eigenvalue weighted by Gasteiger charge is 2.10. The summed E-state index contributed by atoms with van der Waals surface area (Å²) in [6.45, 7) is 0. The molecular weight excluding hydrogens is 244 g/mol. The van der Waals surface area contributed by atoms with Gasteiger partial charge in [0.25, 0.3) is 0 Å². The second kappa shape index (κ2) is 5.16. The molecule has 0 aromatic heterocycles. The van der Waals surface area contributed by atoms with Crippen LogP contribution in [0.25, 0.3) is 6.08 Å². The molecular formula is C10H10N2O2S2. The van der Waals surface area contributed by atoms with E-state index in [-0.39, 0.29) is 0 Å². The van der Waals surface area contributed by atoms with Gasteiger partial charge < -0.3 is 0 Å². The largest absolute Gasteiger partial charge is 0.248 e. The SMILES string of the molecule is CSc1ccc(/C=C(/C#N)S(N)(=O)=O)cc1. The average molecular weight is 254 g/mol. The van der Waals surface area contributed by atoms with Crippen LogP contribution in [0.15, 0.2) is 34.1 Å². The Morgan fingerprint density at radius 2 is 2.00 bits per heavy atom. The third-order valence-electron chi connectivity index (χ3n) is 1.83. The van der Waals surface area contributed by atoms with Gasteiger partial charge >= 0.3 is 0 Å². The molecule has 0 heterocycles. The Balaban J connectivity index is 3.12. The Labute approximate surface area is 98.8 Å². The summed E-state index contributed by atoms with van der Waals surface area (Å²) in [6, 6.07) is 8.71. The van der Waals surface area contributed by atoms with Crippen LogP contribution in [0.5, 0.6) is 0 Å². The minimum atomic E-state index is -3.93. The van der Waals surface area contributed by atoms with Crippen LogP contribution in [-0.2, 0) is 10.0 Å². The van der Waals surface area contributed by atoms with Crippen molar-refractivity contribution in [3.8, 4) is 6.07 Å². The summed E-state index contributed by atoms with van der Waals surface area (Å²) in [6.07, 6.45) is 3.19. The van der Waals surface area contributed by atoms with Crippen LogP contribution < -0.4 is 5.14 Å². The van der Waals surface area contributed by atoms with Crippen molar-refractivity contribution in [3.05, 3.63) is 34.7 Å². The number of nitriles is 1. The molecule has 16 heavy (non-hydrogen) atoms. The van der Waals surface area contributed by atoms with Gasteiger partial charge in [-0.05, 0) is 30.0 Å². The van der Waals surface area contributed by atoms with E-state index in [2.05, 4.69) is 0 Å². The van der Waals surface area contributed by atoms with E-state index in [9.17, 15) is 8.42 Å². The smallest absolute Gasteiger partial charge is 0.224 e. The van der Waals surface area contributed by atoms with Gasteiger partial charge in [0.15, 0.2) is 4.91 Å². The lowest BCUT2D eigenvalue weighted by Gasteiger charge is -1.98. The molecule has 0 unspecified atom stereocenters. The fourth-order valence-electron chi connectivity index (χ4n) is 1.03. The van der Waals surface area contributed by atoms with Crippen molar-refractivity contribution in [1.82, 2.24) is 0 Å². The lowest BCUT2D eigenvalue weighted by molar-refractivity contribution is 0.605. The predicted octanol–water partition coefficient (Wildman–Crippen LogP) is 1.56. The molecule has 0 aliphatic rings. The Bertz CT molecular complexity index is 539. The molecule has 0 radical (unpaired) electrons. The van der Waals surface area contributed by atoms with Crippen molar-refractivity contribution in [3.63, 3.8) is 0 Å². The quantitative estimate of drug-likeness (QED) is 0.655. The number of benzene rings is 1. The zero-order valence-electron chi connectivity index (χ0n) is 8.54. The highest BCUT2D eigenvalue weighted by molar-refractivity contribution is 7.98. The number of primary sulfonamides is 1. The van der Waals surface area contributed by atoms with Gasteiger partial charge in [0.1, 0.15) is 6.07 Å². The van der Waals surface area contributed by atoms with Gasteiger partial charge in [-0.1, -0.05) is 12.1 Å². The third-order valence-corrected chi connectivity index (χ3v) is 3.40. The summed E-state index contributed by atoms with van der Waals surface area (Å²) >= 11 is 1.58. The summed E-state index contributed by atoms with van der Waals surface area (Å²) < 4.78 is 21.9. The second-order valence-electron chi connectivity index (χ2n) is 2.94. The average Bonchev–Trinajstić information content (AvgIpc) is 2.25. The minimum Gasteiger partial charge on any atom is -0.224 e. The van der Waals surface area contributed by atoms with E-state index in [4.69, 9.17) is 10.4 Å². The van der Waals surface area contributed by atoms with Gasteiger partial charge in [0, 0.05) is 4.90 Å². The summed E-state index contributed by atoms with van der Waals surface area (Å²) in [7, 11) is -3.93. The molecule has 0 amide bonds. The molecule has 0 saturated carbocycles. The molecule has 1 rings (SSSR count). The van der Waals surface area contributed by atoms with E-state index in [1.165, 1.54) is 6.08 Å². The van der Waals surface area contributed by atoms with E-state index >= 15 is 0 Å². The number of nitrogens with two attached hydrogens (primary N) is 1. The molecule has 0 aliphatic carbocycles. The Morgan fingerprint density at radius 3 is 2.38 bits per heavy atom. The van der Waals surface area contributed by atoms with E-state index in [0.717, 1.165) is 4.90 Å². The Morgan fingerprint density at radius 1 is 1.44 bits per heavy atom. The molecule has 6 heteroatoms. The molecule has 0 atom stereocenters. The fraction of sp³-hybridized carbons (Fsp3) is 0.100.